The Morgan fingerprint density at radius 2 is 2.25 bits per heavy atom. The summed E-state index contributed by atoms with van der Waals surface area (Å²) in [4.78, 5) is 10.3. The number of nitrogens with one attached hydrogen (secondary N) is 1. The van der Waals surface area contributed by atoms with Crippen LogP contribution in [-0.4, -0.2) is 18.5 Å². The smallest absolute Gasteiger partial charge is 0.233 e. The molecule has 0 aliphatic carbocycles. The van der Waals surface area contributed by atoms with Crippen molar-refractivity contribution in [1.29, 1.82) is 0 Å². The van der Waals surface area contributed by atoms with Gasteiger partial charge in [-0.25, -0.2) is 0 Å². The van der Waals surface area contributed by atoms with Gasteiger partial charge in [0.1, 0.15) is 0 Å². The Balaban J connectivity index is 3.25. The molecule has 0 saturated heterocycles. The van der Waals surface area contributed by atoms with E-state index in [1.165, 1.54) is 0 Å². The second kappa shape index (κ2) is 3.43. The minimum Gasteiger partial charge on any atom is -0.352 e. The zero-order valence-electron chi connectivity index (χ0n) is 4.68. The van der Waals surface area contributed by atoms with E-state index in [4.69, 9.17) is 5.73 Å². The first-order chi connectivity index (χ1) is 3.66. The van der Waals surface area contributed by atoms with Crippen molar-refractivity contribution < 1.29 is 4.79 Å². The molecule has 2 radical (unpaired) electrons. The van der Waals surface area contributed by atoms with Gasteiger partial charge in [0.25, 0.3) is 0 Å². The van der Waals surface area contributed by atoms with Crippen LogP contribution in [0.15, 0.2) is 0 Å². The molecule has 3 nitrogen and oxygen atoms in total. The SMILES string of the molecule is [CH2]C([CH2])NC(=O)CN. The van der Waals surface area contributed by atoms with Crippen molar-refractivity contribution in [3.63, 3.8) is 0 Å². The van der Waals surface area contributed by atoms with Gasteiger partial charge in [0.05, 0.1) is 6.54 Å². The summed E-state index contributed by atoms with van der Waals surface area (Å²) in [6.45, 7) is 6.86. The van der Waals surface area contributed by atoms with Gasteiger partial charge in [-0.3, -0.25) is 4.79 Å². The maximum atomic E-state index is 10.3. The highest BCUT2D eigenvalue weighted by atomic mass is 16.1. The highest BCUT2D eigenvalue weighted by molar-refractivity contribution is 5.78. The Morgan fingerprint density at radius 1 is 1.75 bits per heavy atom. The second-order valence-corrected chi connectivity index (χ2v) is 1.47. The van der Waals surface area contributed by atoms with Gasteiger partial charge < -0.3 is 11.1 Å². The first kappa shape index (κ1) is 7.43. The minimum atomic E-state index is -0.300. The Hall–Kier alpha value is -0.570. The van der Waals surface area contributed by atoms with Gasteiger partial charge in [-0.1, -0.05) is 0 Å². The predicted octanol–water partition coefficient (Wildman–Crippen LogP) is -0.902. The van der Waals surface area contributed by atoms with Crippen molar-refractivity contribution in [2.24, 2.45) is 5.73 Å². The highest BCUT2D eigenvalue weighted by Crippen LogP contribution is 1.71. The van der Waals surface area contributed by atoms with Gasteiger partial charge in [0.15, 0.2) is 0 Å². The van der Waals surface area contributed by atoms with Crippen LogP contribution in [0.2, 0.25) is 0 Å². The van der Waals surface area contributed by atoms with E-state index in [-0.39, 0.29) is 18.5 Å². The van der Waals surface area contributed by atoms with Crippen molar-refractivity contribution in [3.8, 4) is 0 Å². The summed E-state index contributed by atoms with van der Waals surface area (Å²) in [7, 11) is 0. The first-order valence-corrected chi connectivity index (χ1v) is 2.32. The van der Waals surface area contributed by atoms with Crippen LogP contribution in [-0.2, 0) is 4.79 Å². The predicted molar refractivity (Wildman–Crippen MR) is 31.7 cm³/mol. The van der Waals surface area contributed by atoms with Crippen molar-refractivity contribution in [3.05, 3.63) is 13.8 Å². The summed E-state index contributed by atoms with van der Waals surface area (Å²) in [5.74, 6) is -0.222. The molecule has 0 aromatic carbocycles. The zero-order valence-corrected chi connectivity index (χ0v) is 4.68. The number of hydrogen-bond donors (Lipinski definition) is 2. The molecule has 8 heavy (non-hydrogen) atoms. The average Bonchev–Trinajstić information content (AvgIpc) is 1.65. The Labute approximate surface area is 49.3 Å². The van der Waals surface area contributed by atoms with Crippen LogP contribution < -0.4 is 11.1 Å². The lowest BCUT2D eigenvalue weighted by molar-refractivity contribution is -0.119. The largest absolute Gasteiger partial charge is 0.352 e. The van der Waals surface area contributed by atoms with Crippen molar-refractivity contribution >= 4 is 5.91 Å². The van der Waals surface area contributed by atoms with E-state index in [9.17, 15) is 4.79 Å². The maximum absolute atomic E-state index is 10.3. The standard InChI is InChI=1S/C5H10N2O/c1-4(2)7-5(8)3-6/h4H,1-3,6H2,(H,7,8). The van der Waals surface area contributed by atoms with Gasteiger partial charge in [-0.2, -0.15) is 0 Å². The molecular formula is C5H10N2O. The summed E-state index contributed by atoms with van der Waals surface area (Å²) >= 11 is 0. The number of hydrogen-bond acceptors (Lipinski definition) is 2. The third-order valence-corrected chi connectivity index (χ3v) is 0.551. The summed E-state index contributed by atoms with van der Waals surface area (Å²) < 4.78 is 0. The van der Waals surface area contributed by atoms with Gasteiger partial charge in [0.2, 0.25) is 5.91 Å². The van der Waals surface area contributed by atoms with E-state index in [2.05, 4.69) is 19.2 Å². The molecule has 0 fully saturated rings. The lowest BCUT2D eigenvalue weighted by atomic mass is 10.4. The van der Waals surface area contributed by atoms with Crippen LogP contribution in [0.5, 0.6) is 0 Å². The average molecular weight is 114 g/mol. The summed E-state index contributed by atoms with van der Waals surface area (Å²) in [6.07, 6.45) is 0. The Morgan fingerprint density at radius 3 is 2.38 bits per heavy atom. The van der Waals surface area contributed by atoms with Crippen molar-refractivity contribution in [2.75, 3.05) is 6.54 Å². The van der Waals surface area contributed by atoms with Crippen LogP contribution in [0.3, 0.4) is 0 Å². The third kappa shape index (κ3) is 3.61. The molecule has 0 aliphatic rings. The molecular weight excluding hydrogens is 104 g/mol. The van der Waals surface area contributed by atoms with E-state index in [1.807, 2.05) is 0 Å². The van der Waals surface area contributed by atoms with Crippen LogP contribution in [0.25, 0.3) is 0 Å². The van der Waals surface area contributed by atoms with Crippen LogP contribution in [0.4, 0.5) is 0 Å². The Kier molecular flexibility index (Phi) is 3.19. The molecule has 46 valence electrons. The number of carbonyl (C=O) groups is 1. The summed E-state index contributed by atoms with van der Waals surface area (Å²) in [5, 5.41) is 2.41. The molecule has 3 heteroatoms. The molecule has 0 aromatic heterocycles. The number of rotatable bonds is 2. The molecule has 0 saturated carbocycles. The van der Waals surface area contributed by atoms with E-state index in [1.54, 1.807) is 0 Å². The molecule has 1 amide bonds. The normalized spacial score (nSPS) is 9.50. The van der Waals surface area contributed by atoms with Gasteiger partial charge in [-0.05, 0) is 13.8 Å². The fourth-order valence-corrected chi connectivity index (χ4v) is 0.287. The molecule has 0 atom stereocenters. The molecule has 0 unspecified atom stereocenters. The summed E-state index contributed by atoms with van der Waals surface area (Å²) in [5.41, 5.74) is 4.95. The fourth-order valence-electron chi connectivity index (χ4n) is 0.287. The van der Waals surface area contributed by atoms with Crippen LogP contribution >= 0.6 is 0 Å². The lowest BCUT2D eigenvalue weighted by Crippen LogP contribution is -2.35. The quantitative estimate of drug-likeness (QED) is 0.488. The summed E-state index contributed by atoms with van der Waals surface area (Å²) in [6, 6.07) is -0.300. The van der Waals surface area contributed by atoms with E-state index >= 15 is 0 Å². The number of carbonyl (C=O) groups excluding carboxylic acids is 1. The minimum absolute atomic E-state index is 0.00153. The molecule has 0 aromatic rings. The van der Waals surface area contributed by atoms with E-state index < -0.39 is 0 Å². The molecule has 3 N–H and O–H groups in total. The third-order valence-electron chi connectivity index (χ3n) is 0.551. The fraction of sp³-hybridized carbons (Fsp3) is 0.400. The van der Waals surface area contributed by atoms with Crippen LogP contribution in [0.1, 0.15) is 0 Å². The lowest BCUT2D eigenvalue weighted by Gasteiger charge is -2.04. The molecule has 0 heterocycles. The van der Waals surface area contributed by atoms with Gasteiger partial charge >= 0.3 is 0 Å². The van der Waals surface area contributed by atoms with Crippen molar-refractivity contribution in [1.82, 2.24) is 5.32 Å². The van der Waals surface area contributed by atoms with E-state index in [0.29, 0.717) is 0 Å². The molecule has 0 aliphatic heterocycles. The van der Waals surface area contributed by atoms with E-state index in [0.717, 1.165) is 0 Å². The van der Waals surface area contributed by atoms with Gasteiger partial charge in [0, 0.05) is 6.04 Å². The molecule has 0 rings (SSSR count). The highest BCUT2D eigenvalue weighted by Gasteiger charge is 1.96. The Bertz CT molecular complexity index is 80.5. The van der Waals surface area contributed by atoms with Crippen molar-refractivity contribution in [2.45, 2.75) is 6.04 Å². The molecule has 0 spiro atoms. The maximum Gasteiger partial charge on any atom is 0.233 e. The first-order valence-electron chi connectivity index (χ1n) is 2.32. The number of amides is 1. The van der Waals surface area contributed by atoms with Gasteiger partial charge in [-0.15, -0.1) is 0 Å². The number of nitrogens with two attached hydrogens (primary N) is 1. The second-order valence-electron chi connectivity index (χ2n) is 1.47. The monoisotopic (exact) mass is 114 g/mol. The topological polar surface area (TPSA) is 55.1 Å². The zero-order chi connectivity index (χ0) is 6.57. The van der Waals surface area contributed by atoms with Crippen LogP contribution in [0, 0.1) is 13.8 Å². The molecule has 0 bridgehead atoms.